The Hall–Kier alpha value is -6.13. The molecule has 5 aromatic carbocycles. The molecular formula is C39H31N5O4S. The van der Waals surface area contributed by atoms with Crippen LogP contribution in [0, 0.1) is 6.92 Å². The zero-order valence-corrected chi connectivity index (χ0v) is 27.3. The predicted octanol–water partition coefficient (Wildman–Crippen LogP) is 8.24. The molecule has 0 saturated carbocycles. The summed E-state index contributed by atoms with van der Waals surface area (Å²) in [5.41, 5.74) is 4.63. The fraction of sp³-hybridized carbons (Fsp3) is 0.0769. The molecule has 1 atom stereocenters. The molecule has 5 aromatic rings. The second kappa shape index (κ2) is 15.2. The zero-order chi connectivity index (χ0) is 34.2. The van der Waals surface area contributed by atoms with E-state index in [9.17, 15) is 19.2 Å². The molecule has 1 saturated heterocycles. The van der Waals surface area contributed by atoms with E-state index in [-0.39, 0.29) is 23.9 Å². The van der Waals surface area contributed by atoms with E-state index in [0.29, 0.717) is 22.6 Å². The number of hydrogen-bond acceptors (Lipinski definition) is 7. The van der Waals surface area contributed by atoms with E-state index in [4.69, 9.17) is 0 Å². The first-order valence-electron chi connectivity index (χ1n) is 15.5. The molecule has 1 aliphatic heterocycles. The highest BCUT2D eigenvalue weighted by atomic mass is 32.2. The molecule has 242 valence electrons. The Kier molecular flexibility index (Phi) is 10.2. The van der Waals surface area contributed by atoms with Crippen molar-refractivity contribution in [2.24, 2.45) is 10.2 Å². The number of amides is 4. The quantitative estimate of drug-likeness (QED) is 0.0885. The summed E-state index contributed by atoms with van der Waals surface area (Å²) in [6.45, 7) is 1.97. The van der Waals surface area contributed by atoms with E-state index in [1.807, 2.05) is 67.6 Å². The molecule has 0 radical (unpaired) electrons. The number of thioether (sulfide) groups is 1. The Labute approximate surface area is 287 Å². The second-order valence-electron chi connectivity index (χ2n) is 11.2. The van der Waals surface area contributed by atoms with Crippen LogP contribution in [0.4, 0.5) is 22.7 Å². The van der Waals surface area contributed by atoms with Crippen molar-refractivity contribution in [2.75, 3.05) is 10.2 Å². The lowest BCUT2D eigenvalue weighted by Gasteiger charge is -2.15. The zero-order valence-electron chi connectivity index (χ0n) is 26.4. The first-order valence-corrected chi connectivity index (χ1v) is 16.4. The third-order valence-corrected chi connectivity index (χ3v) is 8.76. The highest BCUT2D eigenvalue weighted by Gasteiger charge is 2.40. The van der Waals surface area contributed by atoms with Gasteiger partial charge in [-0.25, -0.2) is 4.90 Å². The summed E-state index contributed by atoms with van der Waals surface area (Å²) in [4.78, 5) is 54.5. The predicted molar refractivity (Wildman–Crippen MR) is 192 cm³/mol. The second-order valence-corrected chi connectivity index (χ2v) is 12.5. The molecule has 1 aliphatic rings. The summed E-state index contributed by atoms with van der Waals surface area (Å²) in [5, 5.41) is 13.4. The maximum atomic E-state index is 13.4. The van der Waals surface area contributed by atoms with Crippen LogP contribution in [0.25, 0.3) is 6.08 Å². The fourth-order valence-electron chi connectivity index (χ4n) is 5.00. The molecule has 0 bridgehead atoms. The number of azo groups is 1. The molecule has 49 heavy (non-hydrogen) atoms. The van der Waals surface area contributed by atoms with Crippen LogP contribution in [0.3, 0.4) is 0 Å². The van der Waals surface area contributed by atoms with Gasteiger partial charge in [0.15, 0.2) is 0 Å². The summed E-state index contributed by atoms with van der Waals surface area (Å²) in [7, 11) is 0. The van der Waals surface area contributed by atoms with Gasteiger partial charge in [-0.1, -0.05) is 66.2 Å². The third kappa shape index (κ3) is 8.43. The summed E-state index contributed by atoms with van der Waals surface area (Å²) in [5.74, 6) is -1.48. The van der Waals surface area contributed by atoms with Crippen LogP contribution in [0.2, 0.25) is 0 Å². The van der Waals surface area contributed by atoms with Gasteiger partial charge in [-0.15, -0.1) is 11.8 Å². The van der Waals surface area contributed by atoms with Crippen LogP contribution in [0.15, 0.2) is 154 Å². The van der Waals surface area contributed by atoms with Crippen molar-refractivity contribution in [1.29, 1.82) is 0 Å². The number of carbonyl (C=O) groups is 4. The molecule has 2 N–H and O–H groups in total. The highest BCUT2D eigenvalue weighted by Crippen LogP contribution is 2.35. The number of carbonyl (C=O) groups excluding carboxylic acids is 4. The Morgan fingerprint density at radius 3 is 2.02 bits per heavy atom. The molecule has 4 amide bonds. The van der Waals surface area contributed by atoms with Crippen LogP contribution in [0.1, 0.15) is 27.9 Å². The summed E-state index contributed by atoms with van der Waals surface area (Å²) in [6.07, 6.45) is 1.68. The first kappa shape index (κ1) is 32.8. The van der Waals surface area contributed by atoms with Crippen molar-refractivity contribution >= 4 is 64.2 Å². The van der Waals surface area contributed by atoms with E-state index in [1.165, 1.54) is 16.7 Å². The topological polar surface area (TPSA) is 120 Å². The van der Waals surface area contributed by atoms with Crippen LogP contribution < -0.4 is 15.5 Å². The monoisotopic (exact) mass is 665 g/mol. The largest absolute Gasteiger partial charge is 0.321 e. The number of aryl methyl sites for hydroxylation is 1. The summed E-state index contributed by atoms with van der Waals surface area (Å²) >= 11 is 1.29. The molecule has 0 aliphatic carbocycles. The lowest BCUT2D eigenvalue weighted by molar-refractivity contribution is -0.121. The number of nitrogens with zero attached hydrogens (tertiary/aromatic N) is 3. The highest BCUT2D eigenvalue weighted by molar-refractivity contribution is 8.00. The van der Waals surface area contributed by atoms with Crippen LogP contribution >= 0.6 is 11.8 Å². The molecule has 1 unspecified atom stereocenters. The Morgan fingerprint density at radius 1 is 0.755 bits per heavy atom. The number of benzene rings is 5. The summed E-state index contributed by atoms with van der Waals surface area (Å²) in [6, 6.07) is 39.4. The van der Waals surface area contributed by atoms with Gasteiger partial charge in [-0.3, -0.25) is 19.2 Å². The van der Waals surface area contributed by atoms with Crippen molar-refractivity contribution < 1.29 is 19.2 Å². The van der Waals surface area contributed by atoms with E-state index >= 15 is 0 Å². The minimum atomic E-state index is -0.595. The average Bonchev–Trinajstić information content (AvgIpc) is 3.41. The third-order valence-electron chi connectivity index (χ3n) is 7.56. The van der Waals surface area contributed by atoms with Crippen molar-refractivity contribution in [3.8, 4) is 0 Å². The van der Waals surface area contributed by atoms with Gasteiger partial charge < -0.3 is 10.6 Å². The van der Waals surface area contributed by atoms with Crippen LogP contribution in [-0.4, -0.2) is 28.9 Å². The molecule has 0 spiro atoms. The van der Waals surface area contributed by atoms with Crippen molar-refractivity contribution in [1.82, 2.24) is 5.32 Å². The fourth-order valence-corrected chi connectivity index (χ4v) is 6.05. The molecule has 6 rings (SSSR count). The standard InChI is InChI=1S/C39H31N5O4S/c1-26-12-14-27(15-13-26)24-34(41-37(46)28-8-4-2-5-9-28)38(47)40-29-18-22-33(23-19-29)49-35-25-36(45)44(39(35)48)32-20-16-31(17-21-32)43-42-30-10-6-3-7-11-30/h2-24,35H,25H2,1H3,(H,40,47)(H,41,46)/b34-24-,43-42?. The van der Waals surface area contributed by atoms with Crippen molar-refractivity contribution in [3.05, 3.63) is 156 Å². The Morgan fingerprint density at radius 2 is 1.37 bits per heavy atom. The maximum Gasteiger partial charge on any atom is 0.272 e. The molecule has 10 heteroatoms. The Balaban J connectivity index is 1.09. The van der Waals surface area contributed by atoms with Gasteiger partial charge >= 0.3 is 0 Å². The van der Waals surface area contributed by atoms with E-state index in [1.54, 1.807) is 78.9 Å². The van der Waals surface area contributed by atoms with Gasteiger partial charge in [0.05, 0.1) is 22.3 Å². The SMILES string of the molecule is Cc1ccc(/C=C(\NC(=O)c2ccccc2)C(=O)Nc2ccc(SC3CC(=O)N(c4ccc(N=Nc5ccccc5)cc4)C3=O)cc2)cc1. The van der Waals surface area contributed by atoms with Gasteiger partial charge in [0, 0.05) is 22.6 Å². The molecule has 9 nitrogen and oxygen atoms in total. The lowest BCUT2D eigenvalue weighted by atomic mass is 10.1. The summed E-state index contributed by atoms with van der Waals surface area (Å²) < 4.78 is 0. The van der Waals surface area contributed by atoms with Crippen molar-refractivity contribution in [3.63, 3.8) is 0 Å². The maximum absolute atomic E-state index is 13.4. The number of anilines is 2. The minimum absolute atomic E-state index is 0.0612. The van der Waals surface area contributed by atoms with E-state index < -0.39 is 17.1 Å². The molecule has 0 aromatic heterocycles. The van der Waals surface area contributed by atoms with Crippen LogP contribution in [-0.2, 0) is 14.4 Å². The van der Waals surface area contributed by atoms with Gasteiger partial charge in [0.25, 0.3) is 11.8 Å². The average molecular weight is 666 g/mol. The van der Waals surface area contributed by atoms with Gasteiger partial charge in [-0.2, -0.15) is 10.2 Å². The Bertz CT molecular complexity index is 2030. The smallest absolute Gasteiger partial charge is 0.272 e. The number of rotatable bonds is 10. The molecule has 1 heterocycles. The van der Waals surface area contributed by atoms with E-state index in [2.05, 4.69) is 20.9 Å². The van der Waals surface area contributed by atoms with E-state index in [0.717, 1.165) is 21.7 Å². The normalized spacial score (nSPS) is 14.7. The van der Waals surface area contributed by atoms with Crippen molar-refractivity contribution in [2.45, 2.75) is 23.5 Å². The molecule has 1 fully saturated rings. The molecular weight excluding hydrogens is 635 g/mol. The number of nitrogens with one attached hydrogen (secondary N) is 2. The number of hydrogen-bond donors (Lipinski definition) is 2. The lowest BCUT2D eigenvalue weighted by Crippen LogP contribution is -2.31. The van der Waals surface area contributed by atoms with Gasteiger partial charge in [0.2, 0.25) is 11.8 Å². The first-order chi connectivity index (χ1) is 23.8. The van der Waals surface area contributed by atoms with Crippen LogP contribution in [0.5, 0.6) is 0 Å². The van der Waals surface area contributed by atoms with Gasteiger partial charge in [0.1, 0.15) is 5.70 Å². The minimum Gasteiger partial charge on any atom is -0.321 e. The van der Waals surface area contributed by atoms with Gasteiger partial charge in [-0.05, 0) is 91.4 Å². The number of imide groups is 1.